The largest absolute Gasteiger partial charge is 0.456 e. The number of hydrogen-bond donors (Lipinski definition) is 0. The zero-order valence-corrected chi connectivity index (χ0v) is 15.1. The highest BCUT2D eigenvalue weighted by atomic mass is 79.9. The molecule has 0 aliphatic heterocycles. The van der Waals surface area contributed by atoms with E-state index in [0.29, 0.717) is 16.4 Å². The molecule has 0 spiro atoms. The lowest BCUT2D eigenvalue weighted by molar-refractivity contribution is 0.669. The van der Waals surface area contributed by atoms with Gasteiger partial charge in [-0.15, -0.1) is 0 Å². The van der Waals surface area contributed by atoms with E-state index in [4.69, 9.17) is 4.42 Å². The van der Waals surface area contributed by atoms with Gasteiger partial charge in [-0.1, -0.05) is 48.5 Å². The Morgan fingerprint density at radius 3 is 2.15 bits per heavy atom. The van der Waals surface area contributed by atoms with Crippen molar-refractivity contribution < 1.29 is 4.42 Å². The van der Waals surface area contributed by atoms with Gasteiger partial charge in [-0.3, -0.25) is 0 Å². The molecule has 0 aliphatic rings. The van der Waals surface area contributed by atoms with Crippen molar-refractivity contribution in [2.75, 3.05) is 0 Å². The van der Waals surface area contributed by atoms with Crippen LogP contribution in [0.1, 0.15) is 0 Å². The molecule has 0 bridgehead atoms. The molecule has 0 N–H and O–H groups in total. The van der Waals surface area contributed by atoms with E-state index in [1.54, 1.807) is 0 Å². The average Bonchev–Trinajstić information content (AvgIpc) is 3.06. The summed E-state index contributed by atoms with van der Waals surface area (Å²) in [6.45, 7) is 0. The van der Waals surface area contributed by atoms with Crippen molar-refractivity contribution in [1.82, 2.24) is 15.0 Å². The molecule has 0 unspecified atom stereocenters. The zero-order valence-electron chi connectivity index (χ0n) is 13.6. The molecular weight excluding hydrogens is 390 g/mol. The highest BCUT2D eigenvalue weighted by molar-refractivity contribution is 9.10. The molecule has 5 heteroatoms. The van der Waals surface area contributed by atoms with Crippen LogP contribution in [0.2, 0.25) is 0 Å². The Morgan fingerprint density at radius 1 is 0.615 bits per heavy atom. The Bertz CT molecular complexity index is 1250. The number of nitrogens with zero attached hydrogens (tertiary/aromatic N) is 3. The maximum absolute atomic E-state index is 5.90. The van der Waals surface area contributed by atoms with Gasteiger partial charge in [-0.2, -0.15) is 0 Å². The average molecular weight is 402 g/mol. The van der Waals surface area contributed by atoms with E-state index in [-0.39, 0.29) is 0 Å². The predicted octanol–water partition coefficient (Wildman–Crippen LogP) is 5.87. The highest BCUT2D eigenvalue weighted by Crippen LogP contribution is 2.32. The van der Waals surface area contributed by atoms with E-state index < -0.39 is 0 Å². The Kier molecular flexibility index (Phi) is 3.53. The first-order valence-electron chi connectivity index (χ1n) is 8.16. The third-order valence-electron chi connectivity index (χ3n) is 4.28. The second-order valence-electron chi connectivity index (χ2n) is 5.93. The van der Waals surface area contributed by atoms with Crippen LogP contribution in [-0.4, -0.2) is 15.0 Å². The summed E-state index contributed by atoms with van der Waals surface area (Å²) in [5, 5.41) is 2.14. The molecule has 3 aromatic carbocycles. The number of para-hydroxylation sites is 1. The van der Waals surface area contributed by atoms with Crippen LogP contribution >= 0.6 is 15.9 Å². The Labute approximate surface area is 157 Å². The van der Waals surface area contributed by atoms with Crippen molar-refractivity contribution in [3.05, 3.63) is 77.5 Å². The van der Waals surface area contributed by atoms with Gasteiger partial charge in [0.15, 0.2) is 11.6 Å². The van der Waals surface area contributed by atoms with Crippen LogP contribution in [0.4, 0.5) is 0 Å². The first-order chi connectivity index (χ1) is 12.8. The fourth-order valence-corrected chi connectivity index (χ4v) is 3.40. The van der Waals surface area contributed by atoms with Crippen LogP contribution in [0.3, 0.4) is 0 Å². The molecule has 4 nitrogen and oxygen atoms in total. The standard InChI is InChI=1S/C21H12BrN3O/c22-21-24-19(13-6-2-1-3-7-13)23-20(25-21)14-10-11-18-16(12-14)15-8-4-5-9-17(15)26-18/h1-12H. The van der Waals surface area contributed by atoms with E-state index in [1.807, 2.05) is 60.7 Å². The van der Waals surface area contributed by atoms with Crippen LogP contribution < -0.4 is 0 Å². The Balaban J connectivity index is 1.70. The van der Waals surface area contributed by atoms with Crippen LogP contribution in [0.15, 0.2) is 81.9 Å². The molecule has 0 saturated heterocycles. The monoisotopic (exact) mass is 401 g/mol. The first kappa shape index (κ1) is 15.2. The third-order valence-corrected chi connectivity index (χ3v) is 4.63. The molecule has 0 aliphatic carbocycles. The number of hydrogen-bond acceptors (Lipinski definition) is 4. The second kappa shape index (κ2) is 6.04. The molecule has 0 atom stereocenters. The summed E-state index contributed by atoms with van der Waals surface area (Å²) in [5.41, 5.74) is 3.60. The van der Waals surface area contributed by atoms with Gasteiger partial charge in [0.2, 0.25) is 4.73 Å². The normalized spacial score (nSPS) is 11.3. The third kappa shape index (κ3) is 2.57. The van der Waals surface area contributed by atoms with E-state index in [9.17, 15) is 0 Å². The van der Waals surface area contributed by atoms with Gasteiger partial charge in [0.1, 0.15) is 11.2 Å². The minimum absolute atomic E-state index is 0.513. The molecule has 5 rings (SSSR count). The van der Waals surface area contributed by atoms with Crippen molar-refractivity contribution >= 4 is 37.9 Å². The van der Waals surface area contributed by atoms with Crippen LogP contribution in [0.5, 0.6) is 0 Å². The second-order valence-corrected chi connectivity index (χ2v) is 6.64. The number of furan rings is 1. The summed E-state index contributed by atoms with van der Waals surface area (Å²) < 4.78 is 6.41. The molecule has 124 valence electrons. The van der Waals surface area contributed by atoms with Gasteiger partial charge in [-0.05, 0) is 40.2 Å². The molecule has 0 saturated carbocycles. The number of halogens is 1. The Morgan fingerprint density at radius 2 is 1.31 bits per heavy atom. The molecule has 0 amide bonds. The topological polar surface area (TPSA) is 51.8 Å². The molecule has 0 fully saturated rings. The quantitative estimate of drug-likeness (QED) is 0.371. The molecule has 2 heterocycles. The fourth-order valence-electron chi connectivity index (χ4n) is 3.06. The van der Waals surface area contributed by atoms with Crippen molar-refractivity contribution in [2.45, 2.75) is 0 Å². The van der Waals surface area contributed by atoms with E-state index in [2.05, 4.69) is 43.0 Å². The molecule has 0 radical (unpaired) electrons. The molecule has 5 aromatic rings. The lowest BCUT2D eigenvalue weighted by atomic mass is 10.1. The van der Waals surface area contributed by atoms with E-state index in [1.165, 1.54) is 0 Å². The maximum atomic E-state index is 5.90. The molecular formula is C21H12BrN3O. The first-order valence-corrected chi connectivity index (χ1v) is 8.96. The van der Waals surface area contributed by atoms with Crippen molar-refractivity contribution in [2.24, 2.45) is 0 Å². The van der Waals surface area contributed by atoms with Crippen molar-refractivity contribution in [3.63, 3.8) is 0 Å². The number of aromatic nitrogens is 3. The summed E-state index contributed by atoms with van der Waals surface area (Å²) in [5.74, 6) is 1.26. The zero-order chi connectivity index (χ0) is 17.5. The fraction of sp³-hybridized carbons (Fsp3) is 0. The summed E-state index contributed by atoms with van der Waals surface area (Å²) in [6, 6.07) is 23.9. The molecule has 2 aromatic heterocycles. The van der Waals surface area contributed by atoms with Gasteiger partial charge in [0.25, 0.3) is 0 Å². The lowest BCUT2D eigenvalue weighted by Crippen LogP contribution is -1.97. The van der Waals surface area contributed by atoms with Gasteiger partial charge in [0.05, 0.1) is 0 Å². The predicted molar refractivity (Wildman–Crippen MR) is 106 cm³/mol. The minimum Gasteiger partial charge on any atom is -0.456 e. The molecule has 26 heavy (non-hydrogen) atoms. The lowest BCUT2D eigenvalue weighted by Gasteiger charge is -2.05. The number of fused-ring (bicyclic) bond motifs is 3. The smallest absolute Gasteiger partial charge is 0.200 e. The summed E-state index contributed by atoms with van der Waals surface area (Å²) in [6.07, 6.45) is 0. The maximum Gasteiger partial charge on any atom is 0.200 e. The summed E-state index contributed by atoms with van der Waals surface area (Å²) in [4.78, 5) is 13.5. The van der Waals surface area contributed by atoms with Crippen molar-refractivity contribution in [3.8, 4) is 22.8 Å². The van der Waals surface area contributed by atoms with Gasteiger partial charge >= 0.3 is 0 Å². The number of benzene rings is 3. The Hall–Kier alpha value is -3.05. The van der Waals surface area contributed by atoms with E-state index in [0.717, 1.165) is 33.1 Å². The number of rotatable bonds is 2. The van der Waals surface area contributed by atoms with Crippen molar-refractivity contribution in [1.29, 1.82) is 0 Å². The summed E-state index contributed by atoms with van der Waals surface area (Å²) in [7, 11) is 0. The van der Waals surface area contributed by atoms with Gasteiger partial charge < -0.3 is 4.42 Å². The SMILES string of the molecule is Brc1nc(-c2ccccc2)nc(-c2ccc3oc4ccccc4c3c2)n1. The highest BCUT2D eigenvalue weighted by Gasteiger charge is 2.12. The van der Waals surface area contributed by atoms with Crippen LogP contribution in [0, 0.1) is 0 Å². The van der Waals surface area contributed by atoms with Gasteiger partial charge in [-0.25, -0.2) is 15.0 Å². The minimum atomic E-state index is 0.513. The van der Waals surface area contributed by atoms with E-state index >= 15 is 0 Å². The van der Waals surface area contributed by atoms with Crippen LogP contribution in [0.25, 0.3) is 44.7 Å². The summed E-state index contributed by atoms with van der Waals surface area (Å²) >= 11 is 3.41. The van der Waals surface area contributed by atoms with Crippen LogP contribution in [-0.2, 0) is 0 Å². The van der Waals surface area contributed by atoms with Gasteiger partial charge in [0, 0.05) is 21.9 Å².